The van der Waals surface area contributed by atoms with E-state index < -0.39 is 24.0 Å². The molecule has 0 saturated heterocycles. The molecule has 0 radical (unpaired) electrons. The van der Waals surface area contributed by atoms with E-state index in [0.29, 0.717) is 0 Å². The predicted molar refractivity (Wildman–Crippen MR) is 58.5 cm³/mol. The van der Waals surface area contributed by atoms with Crippen molar-refractivity contribution in [3.63, 3.8) is 0 Å². The van der Waals surface area contributed by atoms with Crippen molar-refractivity contribution in [3.05, 3.63) is 29.3 Å². The highest BCUT2D eigenvalue weighted by atomic mass is 19.3. The minimum absolute atomic E-state index is 0.0198. The average molecular weight is 250 g/mol. The lowest BCUT2D eigenvalue weighted by Gasteiger charge is -2.23. The fraction of sp³-hybridized carbons (Fsp3) is 0.455. The zero-order chi connectivity index (χ0) is 13.2. The summed E-state index contributed by atoms with van der Waals surface area (Å²) in [6.45, 7) is -0.330. The van der Waals surface area contributed by atoms with Crippen LogP contribution in [0, 0.1) is 11.6 Å². The Hall–Kier alpha value is -1.30. The summed E-state index contributed by atoms with van der Waals surface area (Å²) in [6, 6.07) is 1.99. The van der Waals surface area contributed by atoms with Crippen molar-refractivity contribution >= 4 is 5.69 Å². The van der Waals surface area contributed by atoms with Gasteiger partial charge in [0.1, 0.15) is 0 Å². The smallest absolute Gasteiger partial charge is 0.246 e. The third-order valence-corrected chi connectivity index (χ3v) is 2.51. The van der Waals surface area contributed by atoms with Crippen molar-refractivity contribution in [1.29, 1.82) is 0 Å². The molecule has 17 heavy (non-hydrogen) atoms. The van der Waals surface area contributed by atoms with Gasteiger partial charge >= 0.3 is 0 Å². The van der Waals surface area contributed by atoms with Gasteiger partial charge in [0.15, 0.2) is 11.6 Å². The highest BCUT2D eigenvalue weighted by Gasteiger charge is 2.27. The van der Waals surface area contributed by atoms with Gasteiger partial charge in [-0.25, -0.2) is 17.6 Å². The number of hydrogen-bond acceptors (Lipinski definition) is 2. The number of halogens is 4. The van der Waals surface area contributed by atoms with Crippen molar-refractivity contribution in [1.82, 2.24) is 0 Å². The first-order valence-corrected chi connectivity index (χ1v) is 5.03. The first kappa shape index (κ1) is 13.8. The van der Waals surface area contributed by atoms with Crippen LogP contribution < -0.4 is 10.6 Å². The Bertz CT molecular complexity index is 393. The molecular formula is C11H14F4N2. The van der Waals surface area contributed by atoms with E-state index in [1.807, 2.05) is 0 Å². The molecule has 6 heteroatoms. The molecular weight excluding hydrogens is 236 g/mol. The molecule has 0 aromatic heterocycles. The predicted octanol–water partition coefficient (Wildman–Crippen LogP) is 2.34. The first-order valence-electron chi connectivity index (χ1n) is 5.03. The number of benzene rings is 1. The van der Waals surface area contributed by atoms with Gasteiger partial charge in [-0.1, -0.05) is 6.07 Å². The summed E-state index contributed by atoms with van der Waals surface area (Å²) >= 11 is 0. The Kier molecular flexibility index (Phi) is 4.34. The van der Waals surface area contributed by atoms with Gasteiger partial charge in [-0.15, -0.1) is 0 Å². The monoisotopic (exact) mass is 250 g/mol. The number of alkyl halides is 2. The van der Waals surface area contributed by atoms with Crippen LogP contribution in [-0.2, 0) is 0 Å². The summed E-state index contributed by atoms with van der Waals surface area (Å²) in [5.41, 5.74) is 5.09. The van der Waals surface area contributed by atoms with Crippen LogP contribution in [-0.4, -0.2) is 27.1 Å². The summed E-state index contributed by atoms with van der Waals surface area (Å²) in [5.74, 6) is -3.50. The highest BCUT2D eigenvalue weighted by molar-refractivity contribution is 5.56. The van der Waals surface area contributed by atoms with E-state index >= 15 is 0 Å². The topological polar surface area (TPSA) is 29.3 Å². The second-order valence-electron chi connectivity index (χ2n) is 3.87. The fourth-order valence-corrected chi connectivity index (χ4v) is 1.67. The highest BCUT2D eigenvalue weighted by Crippen LogP contribution is 2.33. The summed E-state index contributed by atoms with van der Waals surface area (Å²) in [7, 11) is 2.92. The maximum Gasteiger partial charge on any atom is 0.246 e. The minimum Gasteiger partial charge on any atom is -0.375 e. The maximum atomic E-state index is 13.6. The molecule has 96 valence electrons. The molecule has 0 aliphatic rings. The number of hydrogen-bond donors (Lipinski definition) is 1. The molecule has 1 atom stereocenters. The van der Waals surface area contributed by atoms with Gasteiger partial charge < -0.3 is 10.6 Å². The van der Waals surface area contributed by atoms with E-state index in [9.17, 15) is 17.6 Å². The molecule has 0 aliphatic carbocycles. The number of nitrogens with zero attached hydrogens (tertiary/aromatic N) is 1. The number of rotatable bonds is 4. The van der Waals surface area contributed by atoms with E-state index in [2.05, 4.69) is 0 Å². The van der Waals surface area contributed by atoms with Crippen molar-refractivity contribution in [2.24, 2.45) is 5.73 Å². The first-order chi connectivity index (χ1) is 7.90. The molecule has 0 spiro atoms. The van der Waals surface area contributed by atoms with Gasteiger partial charge in [0.25, 0.3) is 0 Å². The molecule has 0 saturated carbocycles. The van der Waals surface area contributed by atoms with Crippen LogP contribution in [0.5, 0.6) is 0 Å². The van der Waals surface area contributed by atoms with E-state index in [0.717, 1.165) is 12.1 Å². The van der Waals surface area contributed by atoms with E-state index in [1.54, 1.807) is 0 Å². The molecule has 1 aromatic carbocycles. The standard InChI is InChI=1S/C11H14F4N2/c1-17(2)10-6(7(5-16)11(14)15)3-4-8(12)9(10)13/h3-4,7,11H,5,16H2,1-2H3. The molecule has 0 aliphatic heterocycles. The lowest BCUT2D eigenvalue weighted by atomic mass is 9.97. The van der Waals surface area contributed by atoms with Crippen LogP contribution in [0.4, 0.5) is 23.2 Å². The third-order valence-electron chi connectivity index (χ3n) is 2.51. The quantitative estimate of drug-likeness (QED) is 0.831. The second kappa shape index (κ2) is 5.35. The zero-order valence-electron chi connectivity index (χ0n) is 9.55. The Balaban J connectivity index is 3.37. The van der Waals surface area contributed by atoms with Gasteiger partial charge in [-0.2, -0.15) is 0 Å². The summed E-state index contributed by atoms with van der Waals surface area (Å²) in [5, 5.41) is 0. The van der Waals surface area contributed by atoms with E-state index in [1.165, 1.54) is 19.0 Å². The fourth-order valence-electron chi connectivity index (χ4n) is 1.67. The van der Waals surface area contributed by atoms with Crippen LogP contribution in [0.1, 0.15) is 11.5 Å². The Morgan fingerprint density at radius 3 is 2.24 bits per heavy atom. The molecule has 1 rings (SSSR count). The zero-order valence-corrected chi connectivity index (χ0v) is 9.55. The van der Waals surface area contributed by atoms with Gasteiger partial charge in [-0.3, -0.25) is 0 Å². The van der Waals surface area contributed by atoms with Gasteiger partial charge in [0, 0.05) is 20.6 Å². The molecule has 0 bridgehead atoms. The van der Waals surface area contributed by atoms with E-state index in [4.69, 9.17) is 5.73 Å². The Labute approximate surface area is 97.0 Å². The van der Waals surface area contributed by atoms with Crippen LogP contribution in [0.2, 0.25) is 0 Å². The average Bonchev–Trinajstić information content (AvgIpc) is 2.23. The van der Waals surface area contributed by atoms with Gasteiger partial charge in [-0.05, 0) is 11.6 Å². The van der Waals surface area contributed by atoms with Gasteiger partial charge in [0.2, 0.25) is 6.43 Å². The third kappa shape index (κ3) is 2.69. The maximum absolute atomic E-state index is 13.6. The van der Waals surface area contributed by atoms with Crippen LogP contribution in [0.3, 0.4) is 0 Å². The van der Waals surface area contributed by atoms with Crippen molar-refractivity contribution in [2.45, 2.75) is 12.3 Å². The molecule has 0 amide bonds. The van der Waals surface area contributed by atoms with Crippen molar-refractivity contribution < 1.29 is 17.6 Å². The van der Waals surface area contributed by atoms with Crippen molar-refractivity contribution in [2.75, 3.05) is 25.5 Å². The lowest BCUT2D eigenvalue weighted by Crippen LogP contribution is -2.24. The molecule has 1 unspecified atom stereocenters. The molecule has 0 fully saturated rings. The van der Waals surface area contributed by atoms with Crippen molar-refractivity contribution in [3.8, 4) is 0 Å². The number of nitrogens with two attached hydrogens (primary N) is 1. The van der Waals surface area contributed by atoms with E-state index in [-0.39, 0.29) is 17.8 Å². The Morgan fingerprint density at radius 2 is 1.82 bits per heavy atom. The normalized spacial score (nSPS) is 12.9. The molecule has 1 aromatic rings. The summed E-state index contributed by atoms with van der Waals surface area (Å²) in [4.78, 5) is 1.26. The minimum atomic E-state index is -2.72. The molecule has 2 nitrogen and oxygen atoms in total. The van der Waals surface area contributed by atoms with Gasteiger partial charge in [0.05, 0.1) is 11.6 Å². The Morgan fingerprint density at radius 1 is 1.24 bits per heavy atom. The number of anilines is 1. The second-order valence-corrected chi connectivity index (χ2v) is 3.87. The lowest BCUT2D eigenvalue weighted by molar-refractivity contribution is 0.117. The largest absolute Gasteiger partial charge is 0.375 e. The SMILES string of the molecule is CN(C)c1c(C(CN)C(F)F)ccc(F)c1F. The summed E-state index contributed by atoms with van der Waals surface area (Å²) < 4.78 is 52.1. The van der Waals surface area contributed by atoms with Crippen LogP contribution in [0.15, 0.2) is 12.1 Å². The van der Waals surface area contributed by atoms with Crippen LogP contribution in [0.25, 0.3) is 0 Å². The van der Waals surface area contributed by atoms with Crippen LogP contribution >= 0.6 is 0 Å². The molecule has 2 N–H and O–H groups in total. The summed E-state index contributed by atoms with van der Waals surface area (Å²) in [6.07, 6.45) is -2.72. The molecule has 0 heterocycles.